The van der Waals surface area contributed by atoms with Crippen LogP contribution in [0, 0.1) is 0 Å². The fourth-order valence-corrected chi connectivity index (χ4v) is 4.59. The Kier molecular flexibility index (Phi) is 6.14. The summed E-state index contributed by atoms with van der Waals surface area (Å²) >= 11 is 0. The predicted octanol–water partition coefficient (Wildman–Crippen LogP) is 7.56. The SMILES string of the molecule is O=c1ccn(Cc2ccccc2)c2oc(-c3ccc(OCc4ccccc4)cc3)c(-c3ccccc3)c12. The predicted molar refractivity (Wildman–Crippen MR) is 148 cm³/mol. The summed E-state index contributed by atoms with van der Waals surface area (Å²) in [6, 6.07) is 39.7. The first-order valence-corrected chi connectivity index (χ1v) is 12.3. The van der Waals surface area contributed by atoms with Crippen LogP contribution in [0.5, 0.6) is 5.75 Å². The zero-order chi connectivity index (χ0) is 25.0. The van der Waals surface area contributed by atoms with Gasteiger partial charge >= 0.3 is 0 Å². The topological polar surface area (TPSA) is 44.4 Å². The molecule has 4 heteroatoms. The van der Waals surface area contributed by atoms with Crippen molar-refractivity contribution in [3.63, 3.8) is 0 Å². The van der Waals surface area contributed by atoms with E-state index < -0.39 is 0 Å². The molecule has 37 heavy (non-hydrogen) atoms. The maximum Gasteiger partial charge on any atom is 0.212 e. The normalized spacial score (nSPS) is 11.0. The molecule has 4 aromatic carbocycles. The number of rotatable bonds is 7. The molecule has 0 radical (unpaired) electrons. The summed E-state index contributed by atoms with van der Waals surface area (Å²) < 4.78 is 14.5. The third-order valence-corrected chi connectivity index (χ3v) is 6.43. The van der Waals surface area contributed by atoms with Crippen molar-refractivity contribution in [3.8, 4) is 28.2 Å². The Labute approximate surface area is 215 Å². The van der Waals surface area contributed by atoms with Gasteiger partial charge < -0.3 is 13.7 Å². The second kappa shape index (κ2) is 10.0. The summed E-state index contributed by atoms with van der Waals surface area (Å²) in [4.78, 5) is 13.2. The van der Waals surface area contributed by atoms with E-state index in [-0.39, 0.29) is 5.43 Å². The zero-order valence-electron chi connectivity index (χ0n) is 20.2. The number of fused-ring (bicyclic) bond motifs is 1. The first kappa shape index (κ1) is 22.6. The van der Waals surface area contributed by atoms with Crippen LogP contribution < -0.4 is 10.2 Å². The lowest BCUT2D eigenvalue weighted by Gasteiger charge is -2.08. The number of furan rings is 1. The van der Waals surface area contributed by atoms with Crippen LogP contribution in [-0.2, 0) is 13.2 Å². The van der Waals surface area contributed by atoms with Crippen LogP contribution in [-0.4, -0.2) is 4.57 Å². The second-order valence-corrected chi connectivity index (χ2v) is 8.94. The number of nitrogens with zero attached hydrogens (tertiary/aromatic N) is 1. The lowest BCUT2D eigenvalue weighted by Crippen LogP contribution is -2.07. The second-order valence-electron chi connectivity index (χ2n) is 8.94. The van der Waals surface area contributed by atoms with Crippen molar-refractivity contribution in [1.29, 1.82) is 0 Å². The molecule has 6 rings (SSSR count). The summed E-state index contributed by atoms with van der Waals surface area (Å²) in [6.45, 7) is 1.10. The molecule has 0 aliphatic rings. The van der Waals surface area contributed by atoms with E-state index in [0.29, 0.717) is 30.0 Å². The molecule has 4 nitrogen and oxygen atoms in total. The Balaban J connectivity index is 1.43. The average Bonchev–Trinajstić information content (AvgIpc) is 3.37. The Morgan fingerprint density at radius 1 is 0.649 bits per heavy atom. The van der Waals surface area contributed by atoms with Gasteiger partial charge in [-0.15, -0.1) is 0 Å². The van der Waals surface area contributed by atoms with Gasteiger partial charge in [-0.25, -0.2) is 0 Å². The minimum Gasteiger partial charge on any atom is -0.489 e. The molecule has 180 valence electrons. The van der Waals surface area contributed by atoms with Crippen LogP contribution in [0.15, 0.2) is 137 Å². The van der Waals surface area contributed by atoms with E-state index in [4.69, 9.17) is 9.15 Å². The standard InChI is InChI=1S/C33H25NO3/c35-29-20-21-34(22-24-10-4-1-5-11-24)33-31(29)30(26-14-8-3-9-15-26)32(37-33)27-16-18-28(19-17-27)36-23-25-12-6-2-7-13-25/h1-21H,22-23H2. The van der Waals surface area contributed by atoms with Gasteiger partial charge in [-0.1, -0.05) is 91.0 Å². The van der Waals surface area contributed by atoms with Crippen molar-refractivity contribution in [3.05, 3.63) is 149 Å². The summed E-state index contributed by atoms with van der Waals surface area (Å²) in [7, 11) is 0. The molecule has 0 atom stereocenters. The Morgan fingerprint density at radius 3 is 1.95 bits per heavy atom. The number of hydrogen-bond acceptors (Lipinski definition) is 3. The summed E-state index contributed by atoms with van der Waals surface area (Å²) in [5.74, 6) is 1.44. The van der Waals surface area contributed by atoms with E-state index in [1.54, 1.807) is 12.3 Å². The van der Waals surface area contributed by atoms with Crippen LogP contribution in [0.25, 0.3) is 33.6 Å². The molecule has 2 aromatic heterocycles. The molecule has 0 aliphatic heterocycles. The number of pyridine rings is 1. The minimum absolute atomic E-state index is 0.0593. The molecule has 2 heterocycles. The maximum atomic E-state index is 13.2. The third kappa shape index (κ3) is 4.69. The molecule has 0 bridgehead atoms. The lowest BCUT2D eigenvalue weighted by atomic mass is 9.99. The quantitative estimate of drug-likeness (QED) is 0.235. The van der Waals surface area contributed by atoms with Crippen LogP contribution in [0.2, 0.25) is 0 Å². The van der Waals surface area contributed by atoms with Crippen molar-refractivity contribution >= 4 is 11.1 Å². The molecular weight excluding hydrogens is 458 g/mol. The number of aromatic nitrogens is 1. The smallest absolute Gasteiger partial charge is 0.212 e. The average molecular weight is 484 g/mol. The lowest BCUT2D eigenvalue weighted by molar-refractivity contribution is 0.306. The van der Waals surface area contributed by atoms with Gasteiger partial charge in [-0.05, 0) is 41.0 Å². The molecule has 0 saturated heterocycles. The third-order valence-electron chi connectivity index (χ3n) is 6.43. The van der Waals surface area contributed by atoms with Crippen LogP contribution in [0.1, 0.15) is 11.1 Å². The monoisotopic (exact) mass is 483 g/mol. The van der Waals surface area contributed by atoms with Gasteiger partial charge in [0, 0.05) is 23.4 Å². The van der Waals surface area contributed by atoms with Crippen molar-refractivity contribution in [1.82, 2.24) is 4.57 Å². The van der Waals surface area contributed by atoms with Crippen molar-refractivity contribution in [2.24, 2.45) is 0 Å². The van der Waals surface area contributed by atoms with Gasteiger partial charge in [-0.3, -0.25) is 4.79 Å². The van der Waals surface area contributed by atoms with Gasteiger partial charge in [0.05, 0.1) is 11.9 Å². The Bertz CT molecular complexity index is 1680. The van der Waals surface area contributed by atoms with Crippen LogP contribution >= 0.6 is 0 Å². The van der Waals surface area contributed by atoms with Crippen molar-refractivity contribution in [2.75, 3.05) is 0 Å². The molecule has 0 saturated carbocycles. The van der Waals surface area contributed by atoms with Gasteiger partial charge in [0.25, 0.3) is 0 Å². The molecule has 0 aliphatic carbocycles. The maximum absolute atomic E-state index is 13.2. The molecule has 6 aromatic rings. The fraction of sp³-hybridized carbons (Fsp3) is 0.0606. The van der Waals surface area contributed by atoms with E-state index in [1.165, 1.54) is 0 Å². The van der Waals surface area contributed by atoms with E-state index in [2.05, 4.69) is 12.1 Å². The fourth-order valence-electron chi connectivity index (χ4n) is 4.59. The highest BCUT2D eigenvalue weighted by Gasteiger charge is 2.22. The molecule has 0 unspecified atom stereocenters. The van der Waals surface area contributed by atoms with Gasteiger partial charge in [0.2, 0.25) is 5.71 Å². The Morgan fingerprint density at radius 2 is 1.27 bits per heavy atom. The Hall–Kier alpha value is -4.83. The largest absolute Gasteiger partial charge is 0.489 e. The summed E-state index contributed by atoms with van der Waals surface area (Å²) in [5, 5.41) is 0.587. The molecule has 0 amide bonds. The summed E-state index contributed by atoms with van der Waals surface area (Å²) in [5.41, 5.74) is 5.38. The van der Waals surface area contributed by atoms with Gasteiger partial charge in [-0.2, -0.15) is 0 Å². The van der Waals surface area contributed by atoms with Crippen molar-refractivity contribution < 1.29 is 9.15 Å². The van der Waals surface area contributed by atoms with Crippen LogP contribution in [0.4, 0.5) is 0 Å². The van der Waals surface area contributed by atoms with E-state index in [0.717, 1.165) is 33.6 Å². The number of hydrogen-bond donors (Lipinski definition) is 0. The number of benzene rings is 4. The van der Waals surface area contributed by atoms with Crippen LogP contribution in [0.3, 0.4) is 0 Å². The zero-order valence-corrected chi connectivity index (χ0v) is 20.2. The highest BCUT2D eigenvalue weighted by atomic mass is 16.5. The van der Waals surface area contributed by atoms with E-state index in [9.17, 15) is 4.79 Å². The highest BCUT2D eigenvalue weighted by Crippen LogP contribution is 2.40. The first-order valence-electron chi connectivity index (χ1n) is 12.3. The van der Waals surface area contributed by atoms with Crippen molar-refractivity contribution in [2.45, 2.75) is 13.2 Å². The van der Waals surface area contributed by atoms with E-state index in [1.807, 2.05) is 108 Å². The molecule has 0 fully saturated rings. The number of ether oxygens (including phenoxy) is 1. The molecule has 0 spiro atoms. The highest BCUT2D eigenvalue weighted by molar-refractivity contribution is 6.00. The minimum atomic E-state index is -0.0593. The summed E-state index contributed by atoms with van der Waals surface area (Å²) in [6.07, 6.45) is 1.81. The first-order chi connectivity index (χ1) is 18.3. The van der Waals surface area contributed by atoms with E-state index >= 15 is 0 Å². The van der Waals surface area contributed by atoms with Gasteiger partial charge in [0.15, 0.2) is 5.43 Å². The van der Waals surface area contributed by atoms with Gasteiger partial charge in [0.1, 0.15) is 18.1 Å². The molecular formula is C33H25NO3. The molecule has 0 N–H and O–H groups in total.